The van der Waals surface area contributed by atoms with Crippen molar-refractivity contribution in [1.29, 1.82) is 0 Å². The third-order valence-corrected chi connectivity index (χ3v) is 5.13. The summed E-state index contributed by atoms with van der Waals surface area (Å²) < 4.78 is 29.9. The molecule has 0 bridgehead atoms. The van der Waals surface area contributed by atoms with Crippen LogP contribution in [0.25, 0.3) is 11.0 Å². The van der Waals surface area contributed by atoms with Gasteiger partial charge in [-0.15, -0.1) is 0 Å². The van der Waals surface area contributed by atoms with E-state index in [2.05, 4.69) is 18.4 Å². The van der Waals surface area contributed by atoms with Crippen LogP contribution >= 0.6 is 0 Å². The highest BCUT2D eigenvalue weighted by atomic mass is 19.2. The molecule has 4 rings (SSSR count). The molecule has 0 spiro atoms. The number of nitrogens with zero attached hydrogens (tertiary/aromatic N) is 3. The first-order valence-corrected chi connectivity index (χ1v) is 9.21. The maximum absolute atomic E-state index is 14.2. The number of hydrogen-bond acceptors (Lipinski definition) is 2. The van der Waals surface area contributed by atoms with Crippen LogP contribution in [0.4, 0.5) is 8.78 Å². The van der Waals surface area contributed by atoms with E-state index in [0.29, 0.717) is 6.54 Å². The summed E-state index contributed by atoms with van der Waals surface area (Å²) in [5.74, 6) is -1.79. The van der Waals surface area contributed by atoms with Gasteiger partial charge in [0.2, 0.25) is 0 Å². The van der Waals surface area contributed by atoms with Crippen molar-refractivity contribution in [3.05, 3.63) is 65.5 Å². The monoisotopic (exact) mass is 369 g/mol. The zero-order chi connectivity index (χ0) is 19.1. The van der Waals surface area contributed by atoms with Gasteiger partial charge in [0.25, 0.3) is 5.91 Å². The number of hydrogen-bond donors (Lipinski definition) is 0. The second-order valence-electron chi connectivity index (χ2n) is 7.18. The summed E-state index contributed by atoms with van der Waals surface area (Å²) in [5, 5.41) is 0. The molecule has 0 aliphatic carbocycles. The van der Waals surface area contributed by atoms with Crippen LogP contribution in [0.1, 0.15) is 55.0 Å². The van der Waals surface area contributed by atoms with E-state index in [1.165, 1.54) is 12.1 Å². The van der Waals surface area contributed by atoms with Gasteiger partial charge < -0.3 is 9.47 Å². The molecule has 2 aromatic carbocycles. The Bertz CT molecular complexity index is 1010. The van der Waals surface area contributed by atoms with E-state index < -0.39 is 17.5 Å². The lowest BCUT2D eigenvalue weighted by molar-refractivity contribution is 0.0721. The highest BCUT2D eigenvalue weighted by molar-refractivity contribution is 5.95. The molecule has 0 N–H and O–H groups in total. The maximum atomic E-state index is 14.2. The molecule has 0 radical (unpaired) electrons. The van der Waals surface area contributed by atoms with Crippen LogP contribution < -0.4 is 0 Å². The fraction of sp³-hybridized carbons (Fsp3) is 0.333. The molecule has 1 amide bonds. The predicted octanol–water partition coefficient (Wildman–Crippen LogP) is 4.87. The Morgan fingerprint density at radius 2 is 1.93 bits per heavy atom. The molecule has 1 fully saturated rings. The summed E-state index contributed by atoms with van der Waals surface area (Å²) in [6, 6.07) is 11.5. The summed E-state index contributed by atoms with van der Waals surface area (Å²) in [4.78, 5) is 19.4. The van der Waals surface area contributed by atoms with Crippen LogP contribution in [-0.4, -0.2) is 26.9 Å². The molecule has 1 unspecified atom stereocenters. The number of fused-ring (bicyclic) bond motifs is 1. The van der Waals surface area contributed by atoms with E-state index >= 15 is 0 Å². The first kappa shape index (κ1) is 17.6. The van der Waals surface area contributed by atoms with Crippen LogP contribution in [0.2, 0.25) is 0 Å². The third kappa shape index (κ3) is 2.89. The molecule has 1 atom stereocenters. The van der Waals surface area contributed by atoms with Crippen molar-refractivity contribution in [2.45, 2.75) is 38.8 Å². The standard InChI is InChI=1S/C21H21F2N3O/c1-13(2)26-17-10-4-3-9-16(17)24-20(26)18-11-6-12-25(18)21(27)14-7-5-8-15(22)19(14)23/h3-5,7-10,13,18H,6,11-12H2,1-2H3. The van der Waals surface area contributed by atoms with Crippen molar-refractivity contribution in [3.63, 3.8) is 0 Å². The number of aromatic nitrogens is 2. The Kier molecular flexibility index (Phi) is 4.42. The second-order valence-corrected chi connectivity index (χ2v) is 7.18. The number of para-hydroxylation sites is 2. The lowest BCUT2D eigenvalue weighted by atomic mass is 10.1. The average Bonchev–Trinajstić information content (AvgIpc) is 3.27. The number of halogens is 2. The quantitative estimate of drug-likeness (QED) is 0.660. The number of imidazole rings is 1. The minimum atomic E-state index is -1.09. The van der Waals surface area contributed by atoms with E-state index in [9.17, 15) is 13.6 Å². The molecule has 1 aliphatic heterocycles. The smallest absolute Gasteiger partial charge is 0.257 e. The van der Waals surface area contributed by atoms with Gasteiger partial charge in [0.15, 0.2) is 11.6 Å². The largest absolute Gasteiger partial charge is 0.328 e. The summed E-state index contributed by atoms with van der Waals surface area (Å²) in [6.45, 7) is 4.65. The molecule has 1 aromatic heterocycles. The summed E-state index contributed by atoms with van der Waals surface area (Å²) in [5.41, 5.74) is 1.66. The second kappa shape index (κ2) is 6.76. The molecule has 4 nitrogen and oxygen atoms in total. The van der Waals surface area contributed by atoms with E-state index in [0.717, 1.165) is 35.8 Å². The molecule has 6 heteroatoms. The number of carbonyl (C=O) groups excluding carboxylic acids is 1. The van der Waals surface area contributed by atoms with E-state index in [-0.39, 0.29) is 17.6 Å². The highest BCUT2D eigenvalue weighted by Crippen LogP contribution is 2.36. The van der Waals surface area contributed by atoms with Crippen LogP contribution in [-0.2, 0) is 0 Å². The first-order valence-electron chi connectivity index (χ1n) is 9.21. The molecule has 0 saturated carbocycles. The van der Waals surface area contributed by atoms with E-state index in [4.69, 9.17) is 4.98 Å². The lowest BCUT2D eigenvalue weighted by Gasteiger charge is -2.26. The van der Waals surface area contributed by atoms with Crippen LogP contribution in [0.5, 0.6) is 0 Å². The van der Waals surface area contributed by atoms with Gasteiger partial charge in [-0.3, -0.25) is 4.79 Å². The molecule has 1 aliphatic rings. The van der Waals surface area contributed by atoms with Gasteiger partial charge in [-0.05, 0) is 51.0 Å². The van der Waals surface area contributed by atoms with Gasteiger partial charge in [0.1, 0.15) is 5.82 Å². The summed E-state index contributed by atoms with van der Waals surface area (Å²) in [7, 11) is 0. The number of carbonyl (C=O) groups is 1. The Hall–Kier alpha value is -2.76. The molecule has 1 saturated heterocycles. The Morgan fingerprint density at radius 3 is 2.70 bits per heavy atom. The van der Waals surface area contributed by atoms with Crippen LogP contribution in [0, 0.1) is 11.6 Å². The van der Waals surface area contributed by atoms with Crippen molar-refractivity contribution < 1.29 is 13.6 Å². The van der Waals surface area contributed by atoms with E-state index in [1.807, 2.05) is 24.3 Å². The first-order chi connectivity index (χ1) is 13.0. The van der Waals surface area contributed by atoms with Gasteiger partial charge in [-0.1, -0.05) is 18.2 Å². The number of likely N-dealkylation sites (tertiary alicyclic amines) is 1. The van der Waals surface area contributed by atoms with Gasteiger partial charge in [-0.25, -0.2) is 13.8 Å². The molecule has 3 aromatic rings. The van der Waals surface area contributed by atoms with E-state index in [1.54, 1.807) is 4.90 Å². The number of amides is 1. The fourth-order valence-corrected chi connectivity index (χ4v) is 3.94. The van der Waals surface area contributed by atoms with Gasteiger partial charge in [0, 0.05) is 12.6 Å². The van der Waals surface area contributed by atoms with Crippen molar-refractivity contribution >= 4 is 16.9 Å². The highest BCUT2D eigenvalue weighted by Gasteiger charge is 2.35. The van der Waals surface area contributed by atoms with Crippen molar-refractivity contribution in [1.82, 2.24) is 14.5 Å². The lowest BCUT2D eigenvalue weighted by Crippen LogP contribution is -2.33. The summed E-state index contributed by atoms with van der Waals surface area (Å²) in [6.07, 6.45) is 1.55. The normalized spacial score (nSPS) is 17.2. The van der Waals surface area contributed by atoms with Crippen molar-refractivity contribution in [3.8, 4) is 0 Å². The van der Waals surface area contributed by atoms with Crippen LogP contribution in [0.3, 0.4) is 0 Å². The van der Waals surface area contributed by atoms with Gasteiger partial charge >= 0.3 is 0 Å². The van der Waals surface area contributed by atoms with Gasteiger partial charge in [0.05, 0.1) is 22.6 Å². The Labute approximate surface area is 156 Å². The fourth-order valence-electron chi connectivity index (χ4n) is 3.94. The molecular weight excluding hydrogens is 348 g/mol. The predicted molar refractivity (Wildman–Crippen MR) is 99.5 cm³/mol. The maximum Gasteiger partial charge on any atom is 0.257 e. The zero-order valence-electron chi connectivity index (χ0n) is 15.3. The van der Waals surface area contributed by atoms with Crippen LogP contribution in [0.15, 0.2) is 42.5 Å². The molecule has 2 heterocycles. The SMILES string of the molecule is CC(C)n1c(C2CCCN2C(=O)c2cccc(F)c2F)nc2ccccc21. The number of benzene rings is 2. The van der Waals surface area contributed by atoms with Gasteiger partial charge in [-0.2, -0.15) is 0 Å². The average molecular weight is 369 g/mol. The Balaban J connectivity index is 1.78. The molecule has 27 heavy (non-hydrogen) atoms. The molecule has 140 valence electrons. The minimum absolute atomic E-state index is 0.163. The molecular formula is C21H21F2N3O. The topological polar surface area (TPSA) is 38.1 Å². The Morgan fingerprint density at radius 1 is 1.15 bits per heavy atom. The third-order valence-electron chi connectivity index (χ3n) is 5.13. The minimum Gasteiger partial charge on any atom is -0.328 e. The van der Waals surface area contributed by atoms with Crippen molar-refractivity contribution in [2.24, 2.45) is 0 Å². The number of rotatable bonds is 3. The van der Waals surface area contributed by atoms with Crippen molar-refractivity contribution in [2.75, 3.05) is 6.54 Å². The zero-order valence-corrected chi connectivity index (χ0v) is 15.3. The summed E-state index contributed by atoms with van der Waals surface area (Å²) >= 11 is 0.